The highest BCUT2D eigenvalue weighted by atomic mass is 32.1. The van der Waals surface area contributed by atoms with Crippen LogP contribution in [0.15, 0.2) is 72.2 Å². The van der Waals surface area contributed by atoms with Gasteiger partial charge in [-0.05, 0) is 23.6 Å². The van der Waals surface area contributed by atoms with Crippen molar-refractivity contribution in [3.63, 3.8) is 0 Å². The molecule has 16 heavy (non-hydrogen) atoms. The molecule has 1 rings (SSSR count). The molecule has 82 valence electrons. The van der Waals surface area contributed by atoms with E-state index in [-0.39, 0.29) is 0 Å². The molecule has 0 N–H and O–H groups in total. The lowest BCUT2D eigenvalue weighted by atomic mass is 10.0. The van der Waals surface area contributed by atoms with E-state index in [1.807, 2.05) is 37.3 Å². The van der Waals surface area contributed by atoms with E-state index in [9.17, 15) is 0 Å². The molecule has 1 heteroatoms. The molecule has 0 fully saturated rings. The molecule has 0 saturated heterocycles. The number of benzene rings is 1. The van der Waals surface area contributed by atoms with Crippen LogP contribution in [0.25, 0.3) is 5.57 Å². The summed E-state index contributed by atoms with van der Waals surface area (Å²) in [4.78, 5) is 0.694. The smallest absolute Gasteiger partial charge is 0.00346 e. The molecule has 0 unspecified atom stereocenters. The van der Waals surface area contributed by atoms with Crippen LogP contribution in [0.5, 0.6) is 0 Å². The number of hydrogen-bond donors (Lipinski definition) is 1. The van der Waals surface area contributed by atoms with Gasteiger partial charge in [0.2, 0.25) is 0 Å². The predicted octanol–water partition coefficient (Wildman–Crippen LogP) is 4.65. The van der Waals surface area contributed by atoms with E-state index in [4.69, 9.17) is 0 Å². The van der Waals surface area contributed by atoms with Gasteiger partial charge in [0.25, 0.3) is 0 Å². The Morgan fingerprint density at radius 3 is 2.25 bits per heavy atom. The summed E-state index contributed by atoms with van der Waals surface area (Å²) in [6.45, 7) is 9.61. The first kappa shape index (κ1) is 12.6. The van der Waals surface area contributed by atoms with E-state index in [0.717, 1.165) is 11.1 Å². The fourth-order valence-corrected chi connectivity index (χ4v) is 1.35. The van der Waals surface area contributed by atoms with Gasteiger partial charge in [-0.25, -0.2) is 0 Å². The van der Waals surface area contributed by atoms with E-state index in [2.05, 4.69) is 44.0 Å². The Morgan fingerprint density at radius 1 is 1.12 bits per heavy atom. The second-order valence-electron chi connectivity index (χ2n) is 3.42. The highest BCUT2D eigenvalue weighted by molar-refractivity contribution is 7.84. The first-order valence-corrected chi connectivity index (χ1v) is 5.57. The predicted molar refractivity (Wildman–Crippen MR) is 76.5 cm³/mol. The Hall–Kier alpha value is -1.47. The number of allylic oxidation sites excluding steroid dienone is 5. The van der Waals surface area contributed by atoms with E-state index in [0.29, 0.717) is 4.91 Å². The van der Waals surface area contributed by atoms with Crippen molar-refractivity contribution in [2.45, 2.75) is 6.92 Å². The quantitative estimate of drug-likeness (QED) is 0.563. The maximum atomic E-state index is 4.15. The first-order chi connectivity index (χ1) is 7.65. The van der Waals surface area contributed by atoms with Crippen LogP contribution in [0.1, 0.15) is 12.5 Å². The normalized spacial score (nSPS) is 11.8. The van der Waals surface area contributed by atoms with Crippen LogP contribution in [0.4, 0.5) is 0 Å². The summed E-state index contributed by atoms with van der Waals surface area (Å²) >= 11 is 4.15. The van der Waals surface area contributed by atoms with E-state index >= 15 is 0 Å². The molecule has 0 spiro atoms. The number of hydrogen-bond acceptors (Lipinski definition) is 1. The molecular formula is C15H16S. The van der Waals surface area contributed by atoms with Crippen molar-refractivity contribution in [2.24, 2.45) is 0 Å². The van der Waals surface area contributed by atoms with Gasteiger partial charge in [-0.1, -0.05) is 61.7 Å². The van der Waals surface area contributed by atoms with Gasteiger partial charge < -0.3 is 0 Å². The lowest BCUT2D eigenvalue weighted by Crippen LogP contribution is -1.80. The maximum Gasteiger partial charge on any atom is 0.00346 e. The summed E-state index contributed by atoms with van der Waals surface area (Å²) in [5.74, 6) is 0. The Kier molecular flexibility index (Phi) is 4.87. The van der Waals surface area contributed by atoms with Crippen molar-refractivity contribution in [1.82, 2.24) is 0 Å². The maximum absolute atomic E-state index is 4.15. The van der Waals surface area contributed by atoms with Gasteiger partial charge in [0.15, 0.2) is 0 Å². The van der Waals surface area contributed by atoms with Gasteiger partial charge in [-0.2, -0.15) is 0 Å². The van der Waals surface area contributed by atoms with Gasteiger partial charge in [0.1, 0.15) is 0 Å². The number of rotatable bonds is 4. The lowest BCUT2D eigenvalue weighted by Gasteiger charge is -2.02. The molecule has 0 atom stereocenters. The van der Waals surface area contributed by atoms with Crippen molar-refractivity contribution in [2.75, 3.05) is 0 Å². The minimum atomic E-state index is 0.694. The lowest BCUT2D eigenvalue weighted by molar-refractivity contribution is 1.59. The van der Waals surface area contributed by atoms with Crippen LogP contribution in [-0.2, 0) is 0 Å². The zero-order valence-electron chi connectivity index (χ0n) is 9.48. The summed E-state index contributed by atoms with van der Waals surface area (Å²) in [5.41, 5.74) is 3.19. The zero-order chi connectivity index (χ0) is 12.0. The minimum Gasteiger partial charge on any atom is -0.143 e. The first-order valence-electron chi connectivity index (χ1n) is 5.12. The largest absolute Gasteiger partial charge is 0.143 e. The summed E-state index contributed by atoms with van der Waals surface area (Å²) in [7, 11) is 0. The Balaban J connectivity index is 2.87. The third-order valence-corrected chi connectivity index (χ3v) is 2.54. The van der Waals surface area contributed by atoms with Crippen LogP contribution in [0.2, 0.25) is 0 Å². The zero-order valence-corrected chi connectivity index (χ0v) is 10.4. The van der Waals surface area contributed by atoms with E-state index < -0.39 is 0 Å². The summed E-state index contributed by atoms with van der Waals surface area (Å²) in [5, 5.41) is 0. The highest BCUT2D eigenvalue weighted by Crippen LogP contribution is 2.18. The van der Waals surface area contributed by atoms with Gasteiger partial charge in [0.05, 0.1) is 0 Å². The molecular weight excluding hydrogens is 212 g/mol. The molecule has 0 aliphatic heterocycles. The Morgan fingerprint density at radius 2 is 1.75 bits per heavy atom. The molecule has 0 bridgehead atoms. The van der Waals surface area contributed by atoms with E-state index in [1.54, 1.807) is 0 Å². The minimum absolute atomic E-state index is 0.694. The molecule has 0 aliphatic carbocycles. The van der Waals surface area contributed by atoms with Crippen molar-refractivity contribution in [1.29, 1.82) is 0 Å². The standard InChI is InChI=1S/C15H16S/c1-4-14(11-10-12(2)13(3)16)15-8-6-5-7-9-15/h4-11,16H,2-3H2,1H3/b11-10-,14-4+. The fourth-order valence-electron chi connectivity index (χ4n) is 1.28. The van der Waals surface area contributed by atoms with Crippen LogP contribution < -0.4 is 0 Å². The molecule has 0 heterocycles. The van der Waals surface area contributed by atoms with Gasteiger partial charge in [-0.15, -0.1) is 12.6 Å². The van der Waals surface area contributed by atoms with Crippen LogP contribution >= 0.6 is 12.6 Å². The van der Waals surface area contributed by atoms with Crippen molar-refractivity contribution < 1.29 is 0 Å². The third-order valence-electron chi connectivity index (χ3n) is 2.25. The summed E-state index contributed by atoms with van der Waals surface area (Å²) < 4.78 is 0. The fraction of sp³-hybridized carbons (Fsp3) is 0.0667. The van der Waals surface area contributed by atoms with Crippen LogP contribution in [0.3, 0.4) is 0 Å². The molecule has 0 nitrogen and oxygen atoms in total. The average Bonchev–Trinajstić information content (AvgIpc) is 2.30. The topological polar surface area (TPSA) is 0 Å². The van der Waals surface area contributed by atoms with Crippen molar-refractivity contribution >= 4 is 18.2 Å². The second-order valence-corrected chi connectivity index (χ2v) is 3.96. The SMILES string of the molecule is C=C(S)C(=C)/C=C\C(=C/C)c1ccccc1. The van der Waals surface area contributed by atoms with Crippen LogP contribution in [-0.4, -0.2) is 0 Å². The van der Waals surface area contributed by atoms with E-state index in [1.165, 1.54) is 5.56 Å². The molecule has 0 amide bonds. The summed E-state index contributed by atoms with van der Waals surface area (Å²) in [6.07, 6.45) is 6.02. The van der Waals surface area contributed by atoms with Gasteiger partial charge in [0, 0.05) is 4.91 Å². The highest BCUT2D eigenvalue weighted by Gasteiger charge is 1.95. The molecule has 0 saturated carbocycles. The second kappa shape index (κ2) is 6.19. The van der Waals surface area contributed by atoms with Crippen molar-refractivity contribution in [3.8, 4) is 0 Å². The van der Waals surface area contributed by atoms with Crippen LogP contribution in [0, 0.1) is 0 Å². The molecule has 1 aromatic rings. The number of thiol groups is 1. The van der Waals surface area contributed by atoms with Gasteiger partial charge >= 0.3 is 0 Å². The monoisotopic (exact) mass is 228 g/mol. The third kappa shape index (κ3) is 3.59. The molecule has 0 radical (unpaired) electrons. The summed E-state index contributed by atoms with van der Waals surface area (Å²) in [6, 6.07) is 10.2. The average molecular weight is 228 g/mol. The van der Waals surface area contributed by atoms with Gasteiger partial charge in [-0.3, -0.25) is 0 Å². The van der Waals surface area contributed by atoms with Crippen molar-refractivity contribution in [3.05, 3.63) is 77.8 Å². The molecule has 1 aromatic carbocycles. The molecule has 0 aromatic heterocycles. The Bertz CT molecular complexity index is 436. The Labute approximate surface area is 103 Å². The molecule has 0 aliphatic rings.